The summed E-state index contributed by atoms with van der Waals surface area (Å²) in [7, 11) is 0. The van der Waals surface area contributed by atoms with Gasteiger partial charge in [0.25, 0.3) is 0 Å². The average Bonchev–Trinajstić information content (AvgIpc) is 3.03. The van der Waals surface area contributed by atoms with E-state index in [2.05, 4.69) is 6.92 Å². The molecule has 1 heterocycles. The van der Waals surface area contributed by atoms with Crippen molar-refractivity contribution in [2.24, 2.45) is 5.92 Å². The highest BCUT2D eigenvalue weighted by Gasteiger charge is 2.38. The summed E-state index contributed by atoms with van der Waals surface area (Å²) >= 11 is 0. The Labute approximate surface area is 268 Å². The van der Waals surface area contributed by atoms with Gasteiger partial charge in [0.05, 0.1) is 18.8 Å². The summed E-state index contributed by atoms with van der Waals surface area (Å²) in [5.41, 5.74) is -1.39. The molecule has 47 heavy (non-hydrogen) atoms. The minimum Gasteiger partial charge on any atom is -0.429 e. The maximum Gasteiger partial charge on any atom is 0.429 e. The van der Waals surface area contributed by atoms with Crippen LogP contribution in [0.3, 0.4) is 0 Å². The Balaban J connectivity index is 1.28. The van der Waals surface area contributed by atoms with E-state index in [4.69, 9.17) is 14.2 Å². The van der Waals surface area contributed by atoms with Gasteiger partial charge in [0.1, 0.15) is 34.8 Å². The van der Waals surface area contributed by atoms with Crippen LogP contribution in [0.25, 0.3) is 28.3 Å². The Kier molecular flexibility index (Phi) is 10.7. The lowest BCUT2D eigenvalue weighted by Gasteiger charge is -2.30. The summed E-state index contributed by atoms with van der Waals surface area (Å²) in [5.74, 6) is -5.31. The Morgan fingerprint density at radius 2 is 1.38 bits per heavy atom. The Bertz CT molecular complexity index is 1720. The van der Waals surface area contributed by atoms with Gasteiger partial charge in [-0.25, -0.2) is 22.0 Å². The maximum atomic E-state index is 15.1. The van der Waals surface area contributed by atoms with Gasteiger partial charge in [0, 0.05) is 34.2 Å². The van der Waals surface area contributed by atoms with E-state index >= 15 is 17.6 Å². The number of allylic oxidation sites excluding steroid dienone is 1. The number of rotatable bonds is 11. The Morgan fingerprint density at radius 3 is 2.00 bits per heavy atom. The number of halogens is 7. The van der Waals surface area contributed by atoms with Crippen LogP contribution in [0.5, 0.6) is 5.75 Å². The third-order valence-corrected chi connectivity index (χ3v) is 7.95. The van der Waals surface area contributed by atoms with Gasteiger partial charge in [-0.05, 0) is 66.9 Å². The summed E-state index contributed by atoms with van der Waals surface area (Å²) in [4.78, 5) is 0. The zero-order valence-corrected chi connectivity index (χ0v) is 25.8. The topological polar surface area (TPSA) is 27.7 Å². The molecule has 1 aliphatic heterocycles. The van der Waals surface area contributed by atoms with E-state index in [1.54, 1.807) is 6.92 Å². The molecule has 0 bridgehead atoms. The summed E-state index contributed by atoms with van der Waals surface area (Å²) in [6.45, 7) is 4.54. The maximum absolute atomic E-state index is 15.1. The van der Waals surface area contributed by atoms with Gasteiger partial charge in [0.2, 0.25) is 0 Å². The quantitative estimate of drug-likeness (QED) is 0.119. The second-order valence-electron chi connectivity index (χ2n) is 11.4. The van der Waals surface area contributed by atoms with Crippen molar-refractivity contribution in [1.29, 1.82) is 0 Å². The lowest BCUT2D eigenvalue weighted by atomic mass is 9.98. The fourth-order valence-corrected chi connectivity index (χ4v) is 5.48. The first-order valence-electron chi connectivity index (χ1n) is 15.3. The largest absolute Gasteiger partial charge is 0.429 e. The lowest BCUT2D eigenvalue weighted by Crippen LogP contribution is -2.27. The van der Waals surface area contributed by atoms with Crippen molar-refractivity contribution >= 4 is 6.08 Å². The second-order valence-corrected chi connectivity index (χ2v) is 11.4. The standard InChI is InChI=1S/C37H33F7O3/c1-3-5-6-8-22-20-45-36(46-21-22)24-10-14-30(35(42)16-24)37(43,44)47-26-11-13-27(34(41)19-26)23-9-12-28(31(38)15-23)25-17-32(39)29(7-4-2)33(40)18-25/h4,7,9-19,22,36H,3,5-6,8,20-21H2,1-2H3. The van der Waals surface area contributed by atoms with E-state index in [0.717, 1.165) is 68.1 Å². The van der Waals surface area contributed by atoms with Gasteiger partial charge in [-0.2, -0.15) is 8.78 Å². The summed E-state index contributed by atoms with van der Waals surface area (Å²) in [5, 5.41) is 0. The van der Waals surface area contributed by atoms with Crippen LogP contribution in [0, 0.1) is 35.0 Å². The SMILES string of the molecule is CC=Cc1c(F)cc(-c2ccc(-c3ccc(OC(F)(F)c4ccc(C5OCC(CCCCC)CO5)cc4F)cc3F)cc2F)cc1F. The van der Waals surface area contributed by atoms with Crippen LogP contribution in [0.1, 0.15) is 62.5 Å². The molecule has 5 rings (SSSR count). The fraction of sp³-hybridized carbons (Fsp3) is 0.297. The van der Waals surface area contributed by atoms with Crippen LogP contribution in [0.15, 0.2) is 72.8 Å². The lowest BCUT2D eigenvalue weighted by molar-refractivity contribution is -0.206. The molecule has 0 N–H and O–H groups in total. The molecule has 3 nitrogen and oxygen atoms in total. The molecule has 0 aliphatic carbocycles. The number of benzene rings is 4. The molecule has 0 amide bonds. The molecule has 1 aliphatic rings. The van der Waals surface area contributed by atoms with Gasteiger partial charge in [-0.3, -0.25) is 0 Å². The van der Waals surface area contributed by atoms with Crippen molar-refractivity contribution in [1.82, 2.24) is 0 Å². The predicted octanol–water partition coefficient (Wildman–Crippen LogP) is 11.1. The Hall–Kier alpha value is -4.15. The fourth-order valence-electron chi connectivity index (χ4n) is 5.48. The third-order valence-electron chi connectivity index (χ3n) is 7.95. The minimum atomic E-state index is -4.17. The zero-order chi connectivity index (χ0) is 33.7. The molecule has 0 saturated carbocycles. The molecule has 0 unspecified atom stereocenters. The summed E-state index contributed by atoms with van der Waals surface area (Å²) in [6, 6.07) is 11.3. The molecule has 248 valence electrons. The molecule has 1 fully saturated rings. The van der Waals surface area contributed by atoms with Crippen molar-refractivity contribution < 1.29 is 44.9 Å². The average molecular weight is 659 g/mol. The molecular formula is C37H33F7O3. The van der Waals surface area contributed by atoms with Gasteiger partial charge in [-0.1, -0.05) is 56.5 Å². The molecule has 4 aromatic rings. The molecule has 0 aromatic heterocycles. The van der Waals surface area contributed by atoms with Gasteiger partial charge < -0.3 is 14.2 Å². The van der Waals surface area contributed by atoms with Crippen molar-refractivity contribution in [3.63, 3.8) is 0 Å². The highest BCUT2D eigenvalue weighted by Crippen LogP contribution is 2.38. The number of hydrogen-bond acceptors (Lipinski definition) is 3. The van der Waals surface area contributed by atoms with E-state index in [1.165, 1.54) is 30.4 Å². The van der Waals surface area contributed by atoms with Crippen LogP contribution in [-0.4, -0.2) is 13.2 Å². The Morgan fingerprint density at radius 1 is 0.745 bits per heavy atom. The first-order valence-corrected chi connectivity index (χ1v) is 15.3. The molecular weight excluding hydrogens is 625 g/mol. The molecule has 0 radical (unpaired) electrons. The third kappa shape index (κ3) is 7.88. The highest BCUT2D eigenvalue weighted by atomic mass is 19.3. The normalized spacial score (nSPS) is 17.0. The predicted molar refractivity (Wildman–Crippen MR) is 165 cm³/mol. The van der Waals surface area contributed by atoms with E-state index in [-0.39, 0.29) is 39.3 Å². The molecule has 1 saturated heterocycles. The summed E-state index contributed by atoms with van der Waals surface area (Å²) < 4.78 is 120. The van der Waals surface area contributed by atoms with Crippen LogP contribution in [0.4, 0.5) is 30.7 Å². The van der Waals surface area contributed by atoms with Crippen LogP contribution in [-0.2, 0) is 15.6 Å². The molecule has 10 heteroatoms. The number of unbranched alkanes of at least 4 members (excludes halogenated alkanes) is 2. The monoisotopic (exact) mass is 658 g/mol. The second kappa shape index (κ2) is 14.7. The minimum absolute atomic E-state index is 0.0367. The summed E-state index contributed by atoms with van der Waals surface area (Å²) in [6.07, 6.45) is 1.85. The van der Waals surface area contributed by atoms with E-state index in [1.807, 2.05) is 0 Å². The molecule has 0 spiro atoms. The van der Waals surface area contributed by atoms with E-state index < -0.39 is 52.8 Å². The highest BCUT2D eigenvalue weighted by molar-refractivity contribution is 5.72. The molecule has 0 atom stereocenters. The van der Waals surface area contributed by atoms with Gasteiger partial charge in [-0.15, -0.1) is 0 Å². The number of alkyl halides is 2. The van der Waals surface area contributed by atoms with Crippen molar-refractivity contribution in [3.05, 3.63) is 119 Å². The van der Waals surface area contributed by atoms with E-state index in [9.17, 15) is 13.2 Å². The molecule has 4 aromatic carbocycles. The van der Waals surface area contributed by atoms with Crippen molar-refractivity contribution in [2.45, 2.75) is 51.9 Å². The van der Waals surface area contributed by atoms with Crippen LogP contribution in [0.2, 0.25) is 0 Å². The van der Waals surface area contributed by atoms with Crippen molar-refractivity contribution in [2.75, 3.05) is 13.2 Å². The zero-order valence-electron chi connectivity index (χ0n) is 25.8. The van der Waals surface area contributed by atoms with Gasteiger partial charge >= 0.3 is 6.11 Å². The van der Waals surface area contributed by atoms with E-state index in [0.29, 0.717) is 19.3 Å². The van der Waals surface area contributed by atoms with Gasteiger partial charge in [0.15, 0.2) is 6.29 Å². The first kappa shape index (κ1) is 34.2. The van der Waals surface area contributed by atoms with Crippen LogP contribution < -0.4 is 4.74 Å². The van der Waals surface area contributed by atoms with Crippen LogP contribution >= 0.6 is 0 Å². The first-order chi connectivity index (χ1) is 22.5. The number of hydrogen-bond donors (Lipinski definition) is 0. The number of ether oxygens (including phenoxy) is 3. The van der Waals surface area contributed by atoms with Crippen molar-refractivity contribution in [3.8, 4) is 28.0 Å². The smallest absolute Gasteiger partial charge is 0.429 e.